The lowest BCUT2D eigenvalue weighted by atomic mass is 10.00. The zero-order chi connectivity index (χ0) is 33.5. The Kier molecular flexibility index (Phi) is 10.9. The summed E-state index contributed by atoms with van der Waals surface area (Å²) in [5.41, 5.74) is 6.77. The maximum absolute atomic E-state index is 14.2. The number of nitrogens with one attached hydrogen (secondary N) is 1. The molecule has 0 spiro atoms. The number of hydrogen-bond donors (Lipinski definition) is 2. The van der Waals surface area contributed by atoms with Gasteiger partial charge >= 0.3 is 0 Å². The van der Waals surface area contributed by atoms with Crippen LogP contribution in [-0.2, 0) is 16.1 Å². The molecule has 0 aliphatic carbocycles. The minimum absolute atomic E-state index is 0.0834. The molecule has 250 valence electrons. The number of benzene rings is 3. The van der Waals surface area contributed by atoms with Gasteiger partial charge in [-0.1, -0.05) is 26.0 Å². The monoisotopic (exact) mass is 648 g/mol. The first-order valence-corrected chi connectivity index (χ1v) is 15.7. The summed E-state index contributed by atoms with van der Waals surface area (Å²) in [5, 5.41) is 3.01. The molecule has 0 aromatic heterocycles. The molecular formula is C35H41FN4O7. The average Bonchev–Trinajstić information content (AvgIpc) is 3.05. The van der Waals surface area contributed by atoms with Gasteiger partial charge in [-0.05, 0) is 60.4 Å². The Morgan fingerprint density at radius 3 is 2.70 bits per heavy atom. The first-order chi connectivity index (χ1) is 22.6. The van der Waals surface area contributed by atoms with Gasteiger partial charge in [0.25, 0.3) is 11.8 Å². The van der Waals surface area contributed by atoms with Crippen LogP contribution >= 0.6 is 0 Å². The van der Waals surface area contributed by atoms with Crippen LogP contribution in [-0.4, -0.2) is 86.1 Å². The lowest BCUT2D eigenvalue weighted by Gasteiger charge is -2.39. The Morgan fingerprint density at radius 2 is 1.91 bits per heavy atom. The van der Waals surface area contributed by atoms with Crippen molar-refractivity contribution in [1.82, 2.24) is 15.1 Å². The minimum Gasteiger partial charge on any atom is -0.493 e. The van der Waals surface area contributed by atoms with Crippen molar-refractivity contribution in [3.05, 3.63) is 83.2 Å². The number of rotatable bonds is 7. The molecule has 0 radical (unpaired) electrons. The van der Waals surface area contributed by atoms with Crippen molar-refractivity contribution >= 4 is 17.7 Å². The molecule has 1 saturated heterocycles. The Labute approximate surface area is 273 Å². The van der Waals surface area contributed by atoms with E-state index in [1.807, 2.05) is 32.0 Å². The standard InChI is InChI=1S/C35H41FN4O7/c1-22(2)20-45-27-14-24-15-28(17-27)47-26-6-4-5-23(13-26)21-46-32-18-40(11-9-30(32)38-33(41)19-39(3)34(24)42)35(43)29-16-25(36)7-8-31(29)44-12-10-37/h4-8,13-17,22,30,32H,9-12,18-21,37H2,1-3H3,(H,38,41)/t30-,32-/m0/s1. The van der Waals surface area contributed by atoms with Crippen LogP contribution in [0.3, 0.4) is 0 Å². The molecule has 2 heterocycles. The maximum atomic E-state index is 14.2. The second-order valence-corrected chi connectivity index (χ2v) is 12.1. The summed E-state index contributed by atoms with van der Waals surface area (Å²) in [6, 6.07) is 15.7. The van der Waals surface area contributed by atoms with Gasteiger partial charge in [0, 0.05) is 38.3 Å². The molecule has 11 nitrogen and oxygen atoms in total. The molecule has 2 atom stereocenters. The van der Waals surface area contributed by atoms with E-state index in [1.54, 1.807) is 36.2 Å². The van der Waals surface area contributed by atoms with Gasteiger partial charge in [-0.15, -0.1) is 0 Å². The fraction of sp³-hybridized carbons (Fsp3) is 0.400. The topological polar surface area (TPSA) is 133 Å². The SMILES string of the molecule is CC(C)COc1cc2cc(c1)C(=O)N(C)CC(=O)N[C@H]1CCN(C(=O)c3cc(F)ccc3OCCN)C[C@@H]1OCc1cccc(c1)O2. The molecule has 3 aromatic rings. The number of ether oxygens (including phenoxy) is 4. The van der Waals surface area contributed by atoms with Gasteiger partial charge < -0.3 is 39.8 Å². The number of halogens is 1. The summed E-state index contributed by atoms with van der Waals surface area (Å²) in [7, 11) is 1.55. The highest BCUT2D eigenvalue weighted by molar-refractivity contribution is 5.98. The number of carbonyl (C=O) groups is 3. The van der Waals surface area contributed by atoms with Gasteiger partial charge in [0.05, 0.1) is 37.5 Å². The van der Waals surface area contributed by atoms with Gasteiger partial charge in [-0.2, -0.15) is 0 Å². The predicted octanol–water partition coefficient (Wildman–Crippen LogP) is 3.99. The first-order valence-electron chi connectivity index (χ1n) is 15.7. The fourth-order valence-electron chi connectivity index (χ4n) is 5.47. The summed E-state index contributed by atoms with van der Waals surface area (Å²) in [5.74, 6) is 0.200. The molecular weight excluding hydrogens is 607 g/mol. The largest absolute Gasteiger partial charge is 0.493 e. The third kappa shape index (κ3) is 8.78. The predicted molar refractivity (Wildman–Crippen MR) is 172 cm³/mol. The van der Waals surface area contributed by atoms with E-state index in [0.717, 1.165) is 11.6 Å². The van der Waals surface area contributed by atoms with Gasteiger partial charge in [0.2, 0.25) is 5.91 Å². The summed E-state index contributed by atoms with van der Waals surface area (Å²) in [4.78, 5) is 43.3. The number of fused-ring (bicyclic) bond motifs is 5. The van der Waals surface area contributed by atoms with E-state index in [4.69, 9.17) is 24.7 Å². The van der Waals surface area contributed by atoms with E-state index < -0.39 is 23.9 Å². The minimum atomic E-state index is -0.606. The van der Waals surface area contributed by atoms with Crippen molar-refractivity contribution in [1.29, 1.82) is 0 Å². The summed E-state index contributed by atoms with van der Waals surface area (Å²) in [6.07, 6.45) is -0.235. The van der Waals surface area contributed by atoms with E-state index >= 15 is 0 Å². The second kappa shape index (κ2) is 15.3. The molecule has 2 aliphatic heterocycles. The van der Waals surface area contributed by atoms with E-state index in [1.165, 1.54) is 17.0 Å². The number of hydrogen-bond acceptors (Lipinski definition) is 8. The smallest absolute Gasteiger partial charge is 0.257 e. The van der Waals surface area contributed by atoms with Crippen LogP contribution in [0, 0.1) is 11.7 Å². The Bertz CT molecular complexity index is 1600. The molecule has 12 heteroatoms. The number of likely N-dealkylation sites (tertiary alicyclic amines) is 1. The third-order valence-corrected chi connectivity index (χ3v) is 7.78. The molecule has 5 rings (SSSR count). The van der Waals surface area contributed by atoms with Crippen molar-refractivity contribution in [2.75, 3.05) is 46.4 Å². The number of likely N-dealkylation sites (N-methyl/N-ethyl adjacent to an activating group) is 1. The van der Waals surface area contributed by atoms with Crippen molar-refractivity contribution in [2.45, 2.75) is 39.0 Å². The Hall–Kier alpha value is -4.68. The van der Waals surface area contributed by atoms with E-state index in [0.29, 0.717) is 35.8 Å². The average molecular weight is 649 g/mol. The van der Waals surface area contributed by atoms with Gasteiger partial charge in [-0.3, -0.25) is 14.4 Å². The number of piperidine rings is 1. The maximum Gasteiger partial charge on any atom is 0.257 e. The van der Waals surface area contributed by atoms with Crippen molar-refractivity contribution in [3.63, 3.8) is 0 Å². The van der Waals surface area contributed by atoms with Crippen LogP contribution in [0.25, 0.3) is 0 Å². The van der Waals surface area contributed by atoms with Crippen molar-refractivity contribution in [2.24, 2.45) is 11.7 Å². The van der Waals surface area contributed by atoms with Gasteiger partial charge in [0.15, 0.2) is 0 Å². The molecule has 3 aromatic carbocycles. The Balaban J connectivity index is 1.41. The number of carbonyl (C=O) groups excluding carboxylic acids is 3. The highest BCUT2D eigenvalue weighted by Gasteiger charge is 2.35. The molecule has 0 saturated carbocycles. The molecule has 47 heavy (non-hydrogen) atoms. The lowest BCUT2D eigenvalue weighted by molar-refractivity contribution is -0.124. The van der Waals surface area contributed by atoms with Crippen molar-refractivity contribution < 1.29 is 37.7 Å². The highest BCUT2D eigenvalue weighted by atomic mass is 19.1. The van der Waals surface area contributed by atoms with E-state index in [9.17, 15) is 18.8 Å². The van der Waals surface area contributed by atoms with Crippen LogP contribution in [0.4, 0.5) is 4.39 Å². The third-order valence-electron chi connectivity index (χ3n) is 7.78. The normalized spacial score (nSPS) is 18.7. The second-order valence-electron chi connectivity index (χ2n) is 12.1. The van der Waals surface area contributed by atoms with Crippen LogP contribution in [0.1, 0.15) is 46.5 Å². The van der Waals surface area contributed by atoms with Crippen LogP contribution in [0.2, 0.25) is 0 Å². The molecule has 4 bridgehead atoms. The molecule has 3 N–H and O–H groups in total. The van der Waals surface area contributed by atoms with Crippen LogP contribution in [0.15, 0.2) is 60.7 Å². The number of nitrogens with zero attached hydrogens (tertiary/aromatic N) is 2. The lowest BCUT2D eigenvalue weighted by Crippen LogP contribution is -2.57. The summed E-state index contributed by atoms with van der Waals surface area (Å²) >= 11 is 0. The Morgan fingerprint density at radius 1 is 1.09 bits per heavy atom. The van der Waals surface area contributed by atoms with Gasteiger partial charge in [-0.25, -0.2) is 4.39 Å². The molecule has 0 unspecified atom stereocenters. The first kappa shape index (κ1) is 33.7. The van der Waals surface area contributed by atoms with E-state index in [-0.39, 0.29) is 68.4 Å². The highest BCUT2D eigenvalue weighted by Crippen LogP contribution is 2.30. The van der Waals surface area contributed by atoms with Crippen LogP contribution in [0.5, 0.6) is 23.0 Å². The molecule has 2 aliphatic rings. The summed E-state index contributed by atoms with van der Waals surface area (Å²) in [6.45, 7) is 5.29. The zero-order valence-corrected chi connectivity index (χ0v) is 26.9. The van der Waals surface area contributed by atoms with Crippen LogP contribution < -0.4 is 25.3 Å². The number of amides is 3. The van der Waals surface area contributed by atoms with Crippen molar-refractivity contribution in [3.8, 4) is 23.0 Å². The van der Waals surface area contributed by atoms with E-state index in [2.05, 4.69) is 5.32 Å². The molecule has 3 amide bonds. The number of nitrogens with two attached hydrogens (primary N) is 1. The van der Waals surface area contributed by atoms with Gasteiger partial charge in [0.1, 0.15) is 35.4 Å². The fourth-order valence-corrected chi connectivity index (χ4v) is 5.47. The quantitative estimate of drug-likeness (QED) is 0.393. The summed E-state index contributed by atoms with van der Waals surface area (Å²) < 4.78 is 38.3. The zero-order valence-electron chi connectivity index (χ0n) is 26.9. The molecule has 1 fully saturated rings.